The number of nitrogens with zero attached hydrogens (tertiary/aromatic N) is 1. The smallest absolute Gasteiger partial charge is 0.106 e. The van der Waals surface area contributed by atoms with Crippen molar-refractivity contribution in [3.8, 4) is 0 Å². The number of nitrogens with one attached hydrogen (secondary N) is 1. The molecular weight excluding hydrogens is 162 g/mol. The van der Waals surface area contributed by atoms with E-state index in [-0.39, 0.29) is 18.1 Å². The summed E-state index contributed by atoms with van der Waals surface area (Å²) in [6.07, 6.45) is 0. The quantitative estimate of drug-likeness (QED) is 0.665. The summed E-state index contributed by atoms with van der Waals surface area (Å²) in [7, 11) is 1.90. The maximum Gasteiger partial charge on any atom is 0.106 e. The Morgan fingerprint density at radius 3 is 2.58 bits per heavy atom. The third kappa shape index (κ3) is 1.93. The molecule has 1 N–H and O–H groups in total. The highest BCUT2D eigenvalue weighted by Gasteiger charge is 2.30. The molecule has 0 unspecified atom stereocenters. The van der Waals surface area contributed by atoms with E-state index in [1.54, 1.807) is 0 Å². The number of alkyl halides is 2. The molecule has 1 fully saturated rings. The van der Waals surface area contributed by atoms with E-state index in [4.69, 9.17) is 0 Å². The zero-order chi connectivity index (χ0) is 9.14. The lowest BCUT2D eigenvalue weighted by atomic mass is 10.0. The first-order chi connectivity index (χ1) is 5.69. The average molecular weight is 178 g/mol. The SMILES string of the molecule is C[C@H]1[C@@H](CF)N[C@@H](CF)CN1C. The van der Waals surface area contributed by atoms with Gasteiger partial charge in [-0.2, -0.15) is 0 Å². The van der Waals surface area contributed by atoms with Gasteiger partial charge < -0.3 is 10.2 Å². The van der Waals surface area contributed by atoms with Crippen LogP contribution in [0.4, 0.5) is 8.78 Å². The Kier molecular flexibility index (Phi) is 3.40. The molecule has 1 aliphatic heterocycles. The first kappa shape index (κ1) is 9.86. The van der Waals surface area contributed by atoms with Gasteiger partial charge in [0, 0.05) is 18.6 Å². The van der Waals surface area contributed by atoms with Gasteiger partial charge in [0.1, 0.15) is 13.3 Å². The highest BCUT2D eigenvalue weighted by Crippen LogP contribution is 2.11. The molecule has 1 saturated heterocycles. The molecule has 0 aliphatic carbocycles. The van der Waals surface area contributed by atoms with Gasteiger partial charge in [0.05, 0.1) is 6.04 Å². The van der Waals surface area contributed by atoms with Crippen molar-refractivity contribution in [1.29, 1.82) is 0 Å². The van der Waals surface area contributed by atoms with Crippen LogP contribution in [0.2, 0.25) is 0 Å². The summed E-state index contributed by atoms with van der Waals surface area (Å²) in [4.78, 5) is 1.99. The van der Waals surface area contributed by atoms with Crippen LogP contribution in [0.25, 0.3) is 0 Å². The van der Waals surface area contributed by atoms with Gasteiger partial charge in [-0.1, -0.05) is 0 Å². The van der Waals surface area contributed by atoms with E-state index < -0.39 is 13.3 Å². The summed E-state index contributed by atoms with van der Waals surface area (Å²) in [5.41, 5.74) is 0. The van der Waals surface area contributed by atoms with Gasteiger partial charge in [-0.05, 0) is 14.0 Å². The molecule has 1 aliphatic rings. The van der Waals surface area contributed by atoms with Gasteiger partial charge in [0.2, 0.25) is 0 Å². The molecule has 1 rings (SSSR count). The van der Waals surface area contributed by atoms with Crippen LogP contribution in [-0.2, 0) is 0 Å². The van der Waals surface area contributed by atoms with Crippen LogP contribution in [0, 0.1) is 0 Å². The summed E-state index contributed by atoms with van der Waals surface area (Å²) < 4.78 is 24.7. The Morgan fingerprint density at radius 1 is 1.42 bits per heavy atom. The summed E-state index contributed by atoms with van der Waals surface area (Å²) in [6, 6.07) is -0.269. The number of piperazine rings is 1. The summed E-state index contributed by atoms with van der Waals surface area (Å²) in [5, 5.41) is 2.94. The summed E-state index contributed by atoms with van der Waals surface area (Å²) in [6.45, 7) is 1.76. The molecule has 0 aromatic rings. The minimum absolute atomic E-state index is 0.151. The largest absolute Gasteiger partial charge is 0.304 e. The van der Waals surface area contributed by atoms with Gasteiger partial charge in [0.15, 0.2) is 0 Å². The molecule has 0 aromatic carbocycles. The van der Waals surface area contributed by atoms with Crippen LogP contribution in [0.1, 0.15) is 6.92 Å². The van der Waals surface area contributed by atoms with E-state index in [1.807, 2.05) is 18.9 Å². The molecular formula is C8H16F2N2. The second kappa shape index (κ2) is 4.14. The Hall–Kier alpha value is -0.220. The molecule has 72 valence electrons. The number of rotatable bonds is 2. The van der Waals surface area contributed by atoms with Crippen LogP contribution in [0.15, 0.2) is 0 Å². The molecule has 0 radical (unpaired) electrons. The van der Waals surface area contributed by atoms with Crippen molar-refractivity contribution in [1.82, 2.24) is 10.2 Å². The van der Waals surface area contributed by atoms with Gasteiger partial charge in [-0.3, -0.25) is 0 Å². The second-order valence-corrected chi connectivity index (χ2v) is 3.46. The highest BCUT2D eigenvalue weighted by molar-refractivity contribution is 4.89. The van der Waals surface area contributed by atoms with Gasteiger partial charge >= 0.3 is 0 Å². The van der Waals surface area contributed by atoms with Crippen LogP contribution in [-0.4, -0.2) is 50.0 Å². The maximum atomic E-state index is 12.4. The monoisotopic (exact) mass is 178 g/mol. The van der Waals surface area contributed by atoms with Crippen molar-refractivity contribution in [3.63, 3.8) is 0 Å². The van der Waals surface area contributed by atoms with Crippen molar-refractivity contribution in [2.45, 2.75) is 25.0 Å². The minimum Gasteiger partial charge on any atom is -0.304 e. The van der Waals surface area contributed by atoms with Crippen molar-refractivity contribution in [2.75, 3.05) is 26.9 Å². The average Bonchev–Trinajstić information content (AvgIpc) is 2.09. The van der Waals surface area contributed by atoms with Crippen molar-refractivity contribution in [2.24, 2.45) is 0 Å². The van der Waals surface area contributed by atoms with Gasteiger partial charge in [0.25, 0.3) is 0 Å². The third-order valence-corrected chi connectivity index (χ3v) is 2.59. The van der Waals surface area contributed by atoms with E-state index >= 15 is 0 Å². The van der Waals surface area contributed by atoms with Gasteiger partial charge in [-0.25, -0.2) is 8.78 Å². The van der Waals surface area contributed by atoms with Crippen LogP contribution in [0.3, 0.4) is 0 Å². The minimum atomic E-state index is -0.429. The predicted molar refractivity (Wildman–Crippen MR) is 44.8 cm³/mol. The zero-order valence-corrected chi connectivity index (χ0v) is 7.56. The van der Waals surface area contributed by atoms with Crippen LogP contribution < -0.4 is 5.32 Å². The molecule has 3 atom stereocenters. The fourth-order valence-corrected chi connectivity index (χ4v) is 1.58. The molecule has 4 heteroatoms. The third-order valence-electron chi connectivity index (χ3n) is 2.59. The fourth-order valence-electron chi connectivity index (χ4n) is 1.58. The number of likely N-dealkylation sites (N-methyl/N-ethyl adjacent to an activating group) is 1. The lowest BCUT2D eigenvalue weighted by Crippen LogP contribution is -2.61. The molecule has 12 heavy (non-hydrogen) atoms. The lowest BCUT2D eigenvalue weighted by molar-refractivity contribution is 0.102. The first-order valence-corrected chi connectivity index (χ1v) is 4.27. The van der Waals surface area contributed by atoms with E-state index in [2.05, 4.69) is 5.32 Å². The Morgan fingerprint density at radius 2 is 2.08 bits per heavy atom. The molecule has 0 aromatic heterocycles. The van der Waals surface area contributed by atoms with E-state index in [1.165, 1.54) is 0 Å². The van der Waals surface area contributed by atoms with E-state index in [0.717, 1.165) is 0 Å². The lowest BCUT2D eigenvalue weighted by Gasteiger charge is -2.40. The van der Waals surface area contributed by atoms with Crippen molar-refractivity contribution in [3.05, 3.63) is 0 Å². The summed E-state index contributed by atoms with van der Waals surface area (Å²) >= 11 is 0. The van der Waals surface area contributed by atoms with Crippen molar-refractivity contribution >= 4 is 0 Å². The number of hydrogen-bond donors (Lipinski definition) is 1. The summed E-state index contributed by atoms with van der Waals surface area (Å²) in [5.74, 6) is 0. The Labute approximate surface area is 71.9 Å². The normalized spacial score (nSPS) is 38.5. The molecule has 0 bridgehead atoms. The van der Waals surface area contributed by atoms with Crippen LogP contribution >= 0.6 is 0 Å². The van der Waals surface area contributed by atoms with Crippen molar-refractivity contribution < 1.29 is 8.78 Å². The molecule has 0 amide bonds. The molecule has 2 nitrogen and oxygen atoms in total. The molecule has 0 saturated carbocycles. The molecule has 0 spiro atoms. The highest BCUT2D eigenvalue weighted by atomic mass is 19.1. The second-order valence-electron chi connectivity index (χ2n) is 3.46. The predicted octanol–water partition coefficient (Wildman–Crippen LogP) is 0.586. The standard InChI is InChI=1S/C8H16F2N2/c1-6-8(4-10)11-7(3-9)5-12(6)2/h6-8,11H,3-5H2,1-2H3/t6-,7-,8+/m0/s1. The number of halogens is 2. The van der Waals surface area contributed by atoms with Crippen LogP contribution in [0.5, 0.6) is 0 Å². The van der Waals surface area contributed by atoms with Gasteiger partial charge in [-0.15, -0.1) is 0 Å². The maximum absolute atomic E-state index is 12.4. The fraction of sp³-hybridized carbons (Fsp3) is 1.00. The first-order valence-electron chi connectivity index (χ1n) is 4.27. The molecule has 1 heterocycles. The van der Waals surface area contributed by atoms with E-state index in [0.29, 0.717) is 6.54 Å². The Bertz CT molecular complexity index is 143. The zero-order valence-electron chi connectivity index (χ0n) is 7.56. The number of hydrogen-bond acceptors (Lipinski definition) is 2. The topological polar surface area (TPSA) is 15.3 Å². The van der Waals surface area contributed by atoms with E-state index in [9.17, 15) is 8.78 Å². The Balaban J connectivity index is 2.52.